The molecule has 1 spiro atoms. The summed E-state index contributed by atoms with van der Waals surface area (Å²) in [5, 5.41) is 3.23. The molecule has 3 aliphatic rings. The molecule has 5 nitrogen and oxygen atoms in total. The number of rotatable bonds is 5. The number of sulfonamides is 1. The van der Waals surface area contributed by atoms with Crippen LogP contribution >= 0.6 is 0 Å². The fourth-order valence-electron chi connectivity index (χ4n) is 6.08. The molecular weight excluding hydrogens is 360 g/mol. The van der Waals surface area contributed by atoms with Gasteiger partial charge in [-0.2, -0.15) is 0 Å². The topological polar surface area (TPSA) is 66.5 Å². The maximum Gasteiger partial charge on any atom is 0.253 e. The van der Waals surface area contributed by atoms with Gasteiger partial charge in [0.1, 0.15) is 0 Å². The number of benzene rings is 1. The fraction of sp³-hybridized carbons (Fsp3) is 0.667. The summed E-state index contributed by atoms with van der Waals surface area (Å²) >= 11 is 0. The summed E-state index contributed by atoms with van der Waals surface area (Å²) in [6.07, 6.45) is 3.33. The van der Waals surface area contributed by atoms with E-state index < -0.39 is 16.1 Å². The predicted molar refractivity (Wildman–Crippen MR) is 106 cm³/mol. The zero-order valence-electron chi connectivity index (χ0n) is 16.4. The Morgan fingerprint density at radius 1 is 1.30 bits per heavy atom. The van der Waals surface area contributed by atoms with Crippen molar-refractivity contribution in [2.45, 2.75) is 58.5 Å². The fourth-order valence-corrected chi connectivity index (χ4v) is 8.65. The molecule has 2 aliphatic carbocycles. The highest BCUT2D eigenvalue weighted by molar-refractivity contribution is 7.90. The van der Waals surface area contributed by atoms with E-state index >= 15 is 0 Å². The molecule has 2 saturated carbocycles. The Balaban J connectivity index is 1.66. The highest BCUT2D eigenvalue weighted by Crippen LogP contribution is 2.70. The third kappa shape index (κ3) is 2.67. The van der Waals surface area contributed by atoms with Gasteiger partial charge in [0.05, 0.1) is 17.8 Å². The normalized spacial score (nSPS) is 33.8. The van der Waals surface area contributed by atoms with Crippen LogP contribution in [-0.2, 0) is 21.2 Å². The summed E-state index contributed by atoms with van der Waals surface area (Å²) in [5.41, 5.74) is 0.749. The van der Waals surface area contributed by atoms with Crippen molar-refractivity contribution >= 4 is 15.9 Å². The molecule has 4 atom stereocenters. The number of carbonyl (C=O) groups excluding carboxylic acids is 1. The smallest absolute Gasteiger partial charge is 0.253 e. The van der Waals surface area contributed by atoms with Gasteiger partial charge in [-0.3, -0.25) is 4.79 Å². The zero-order chi connectivity index (χ0) is 19.4. The number of fused-ring (bicyclic) bond motifs is 1. The Kier molecular flexibility index (Phi) is 4.43. The molecule has 0 radical (unpaired) electrons. The van der Waals surface area contributed by atoms with Crippen LogP contribution < -0.4 is 5.32 Å². The SMILES string of the molecule is CCN[C@H](Cc1ccccc1)C(=O)N1[C@H]2C[C@@H]3CC[C@@]2(CS1(=O)=O)C3(C)C. The number of hydrogen-bond acceptors (Lipinski definition) is 4. The van der Waals surface area contributed by atoms with E-state index in [0.717, 1.165) is 24.8 Å². The lowest BCUT2D eigenvalue weighted by atomic mass is 9.69. The van der Waals surface area contributed by atoms with E-state index in [1.54, 1.807) is 0 Å². The summed E-state index contributed by atoms with van der Waals surface area (Å²) in [5.74, 6) is 0.371. The second-order valence-electron chi connectivity index (χ2n) is 9.06. The van der Waals surface area contributed by atoms with Gasteiger partial charge in [-0.15, -0.1) is 0 Å². The van der Waals surface area contributed by atoms with Gasteiger partial charge in [-0.05, 0) is 49.1 Å². The van der Waals surface area contributed by atoms with Crippen molar-refractivity contribution in [2.75, 3.05) is 12.3 Å². The highest BCUT2D eigenvalue weighted by Gasteiger charge is 2.72. The average molecular weight is 391 g/mol. The van der Waals surface area contributed by atoms with E-state index in [0.29, 0.717) is 18.9 Å². The van der Waals surface area contributed by atoms with Crippen LogP contribution in [-0.4, -0.2) is 43.0 Å². The van der Waals surface area contributed by atoms with Crippen LogP contribution in [0.1, 0.15) is 45.6 Å². The first kappa shape index (κ1) is 18.9. The summed E-state index contributed by atoms with van der Waals surface area (Å²) in [7, 11) is -3.57. The van der Waals surface area contributed by atoms with Crippen molar-refractivity contribution in [3.8, 4) is 0 Å². The molecule has 1 aromatic carbocycles. The Hall–Kier alpha value is -1.40. The minimum absolute atomic E-state index is 0.0210. The Morgan fingerprint density at radius 3 is 2.63 bits per heavy atom. The lowest BCUT2D eigenvalue weighted by Gasteiger charge is -2.37. The third-order valence-electron chi connectivity index (χ3n) is 7.66. The molecule has 4 rings (SSSR count). The van der Waals surface area contributed by atoms with Crippen LogP contribution in [0.5, 0.6) is 0 Å². The van der Waals surface area contributed by atoms with Crippen molar-refractivity contribution in [3.63, 3.8) is 0 Å². The second kappa shape index (κ2) is 6.31. The Bertz CT molecular complexity index is 836. The molecule has 1 N–H and O–H groups in total. The van der Waals surface area contributed by atoms with Crippen LogP contribution in [0.25, 0.3) is 0 Å². The van der Waals surface area contributed by atoms with Gasteiger partial charge in [0.25, 0.3) is 5.91 Å². The third-order valence-corrected chi connectivity index (χ3v) is 9.57. The molecule has 2 bridgehead atoms. The van der Waals surface area contributed by atoms with E-state index in [2.05, 4.69) is 19.2 Å². The van der Waals surface area contributed by atoms with Crippen molar-refractivity contribution in [1.82, 2.24) is 9.62 Å². The number of amides is 1. The van der Waals surface area contributed by atoms with Gasteiger partial charge in [-0.1, -0.05) is 51.1 Å². The van der Waals surface area contributed by atoms with Crippen molar-refractivity contribution < 1.29 is 13.2 Å². The van der Waals surface area contributed by atoms with Crippen LogP contribution in [0.3, 0.4) is 0 Å². The minimum atomic E-state index is -3.57. The average Bonchev–Trinajstić information content (AvgIpc) is 3.09. The summed E-state index contributed by atoms with van der Waals surface area (Å²) in [6, 6.07) is 9.13. The van der Waals surface area contributed by atoms with E-state index in [1.165, 1.54) is 4.31 Å². The van der Waals surface area contributed by atoms with Gasteiger partial charge in [0.15, 0.2) is 0 Å². The molecule has 1 saturated heterocycles. The lowest BCUT2D eigenvalue weighted by Crippen LogP contribution is -2.52. The quantitative estimate of drug-likeness (QED) is 0.839. The lowest BCUT2D eigenvalue weighted by molar-refractivity contribution is -0.131. The van der Waals surface area contributed by atoms with Gasteiger partial charge in [0, 0.05) is 5.41 Å². The number of nitrogens with zero attached hydrogens (tertiary/aromatic N) is 1. The molecule has 0 unspecified atom stereocenters. The van der Waals surface area contributed by atoms with E-state index in [-0.39, 0.29) is 28.5 Å². The summed E-state index contributed by atoms with van der Waals surface area (Å²) < 4.78 is 27.5. The largest absolute Gasteiger partial charge is 0.306 e. The Morgan fingerprint density at radius 2 is 2.00 bits per heavy atom. The summed E-state index contributed by atoms with van der Waals surface area (Å²) in [4.78, 5) is 13.5. The van der Waals surface area contributed by atoms with Crippen LogP contribution in [0.2, 0.25) is 0 Å². The van der Waals surface area contributed by atoms with Crippen molar-refractivity contribution in [3.05, 3.63) is 35.9 Å². The number of hydrogen-bond donors (Lipinski definition) is 1. The molecule has 3 fully saturated rings. The van der Waals surface area contributed by atoms with Gasteiger partial charge >= 0.3 is 0 Å². The second-order valence-corrected chi connectivity index (χ2v) is 10.9. The first-order chi connectivity index (χ1) is 12.7. The molecule has 1 heterocycles. The zero-order valence-corrected chi connectivity index (χ0v) is 17.3. The molecule has 148 valence electrons. The van der Waals surface area contributed by atoms with Gasteiger partial charge in [0.2, 0.25) is 10.0 Å². The van der Waals surface area contributed by atoms with Crippen LogP contribution in [0, 0.1) is 16.7 Å². The van der Waals surface area contributed by atoms with Crippen LogP contribution in [0.15, 0.2) is 30.3 Å². The molecule has 27 heavy (non-hydrogen) atoms. The molecule has 1 amide bonds. The summed E-state index contributed by atoms with van der Waals surface area (Å²) in [6.45, 7) is 6.99. The van der Waals surface area contributed by atoms with E-state index in [9.17, 15) is 13.2 Å². The standard InChI is InChI=1S/C21H30N2O3S/c1-4-22-17(12-15-8-6-5-7-9-15)19(24)23-18-13-16-10-11-21(18,20(16,2)3)14-27(23,25)26/h5-9,16-18,22H,4,10-14H2,1-3H3/t16-,17+,18-,21-/m0/s1. The van der Waals surface area contributed by atoms with Crippen LogP contribution in [0.4, 0.5) is 0 Å². The highest BCUT2D eigenvalue weighted by atomic mass is 32.2. The maximum atomic E-state index is 13.5. The Labute approximate surface area is 162 Å². The van der Waals surface area contributed by atoms with E-state index in [4.69, 9.17) is 0 Å². The molecule has 1 aromatic rings. The molecule has 1 aliphatic heterocycles. The molecular formula is C21H30N2O3S. The monoisotopic (exact) mass is 390 g/mol. The van der Waals surface area contributed by atoms with Gasteiger partial charge in [-0.25, -0.2) is 12.7 Å². The first-order valence-corrected chi connectivity index (χ1v) is 11.7. The predicted octanol–water partition coefficient (Wildman–Crippen LogP) is 2.57. The number of carbonyl (C=O) groups is 1. The number of nitrogens with one attached hydrogen (secondary N) is 1. The number of likely N-dealkylation sites (N-methyl/N-ethyl adjacent to an activating group) is 1. The van der Waals surface area contributed by atoms with E-state index in [1.807, 2.05) is 37.3 Å². The van der Waals surface area contributed by atoms with Gasteiger partial charge < -0.3 is 5.32 Å². The molecule has 6 heteroatoms. The maximum absolute atomic E-state index is 13.5. The molecule has 0 aromatic heterocycles. The first-order valence-electron chi connectivity index (χ1n) is 10.1. The minimum Gasteiger partial charge on any atom is -0.306 e. The van der Waals surface area contributed by atoms with Crippen molar-refractivity contribution in [2.24, 2.45) is 16.7 Å². The van der Waals surface area contributed by atoms with Crippen molar-refractivity contribution in [1.29, 1.82) is 0 Å².